The second-order valence-electron chi connectivity index (χ2n) is 12.4. The van der Waals surface area contributed by atoms with Crippen LogP contribution in [0.5, 0.6) is 0 Å². The van der Waals surface area contributed by atoms with Crippen molar-refractivity contribution in [3.05, 3.63) is 0 Å². The SMILES string of the molecule is CCC(=O)C1C(C)(C)CN(CCN2CC(C)(C)C(C(=O)CC)C(C)(C)C2=O)C(=O)C1(C)C. The summed E-state index contributed by atoms with van der Waals surface area (Å²) in [4.78, 5) is 55.8. The maximum atomic E-state index is 13.4. The molecule has 2 fully saturated rings. The minimum Gasteiger partial charge on any atom is -0.340 e. The predicted octanol–water partition coefficient (Wildman–Crippen LogP) is 3.97. The van der Waals surface area contributed by atoms with Gasteiger partial charge in [-0.2, -0.15) is 0 Å². The molecule has 2 heterocycles. The lowest BCUT2D eigenvalue weighted by Gasteiger charge is -2.53. The van der Waals surface area contributed by atoms with Gasteiger partial charge in [0.15, 0.2) is 0 Å². The maximum absolute atomic E-state index is 13.4. The Morgan fingerprint density at radius 1 is 0.688 bits per heavy atom. The lowest BCUT2D eigenvalue weighted by Crippen LogP contribution is -2.64. The molecule has 0 saturated carbocycles. The van der Waals surface area contributed by atoms with Crippen LogP contribution in [0.4, 0.5) is 0 Å². The van der Waals surface area contributed by atoms with Crippen LogP contribution in [0.15, 0.2) is 0 Å². The number of Topliss-reactive ketones (excluding diaryl/α,β-unsaturated/α-hetero) is 2. The van der Waals surface area contributed by atoms with Crippen molar-refractivity contribution in [1.82, 2.24) is 9.80 Å². The van der Waals surface area contributed by atoms with Crippen LogP contribution in [0.2, 0.25) is 0 Å². The van der Waals surface area contributed by atoms with Crippen LogP contribution < -0.4 is 0 Å². The summed E-state index contributed by atoms with van der Waals surface area (Å²) < 4.78 is 0. The van der Waals surface area contributed by atoms with Gasteiger partial charge in [-0.1, -0.05) is 69.2 Å². The molecule has 0 spiro atoms. The van der Waals surface area contributed by atoms with Crippen molar-refractivity contribution >= 4 is 23.4 Å². The summed E-state index contributed by atoms with van der Waals surface area (Å²) >= 11 is 0. The van der Waals surface area contributed by atoms with Crippen LogP contribution in [-0.4, -0.2) is 59.4 Å². The largest absolute Gasteiger partial charge is 0.340 e. The minimum atomic E-state index is -0.780. The second-order valence-corrected chi connectivity index (χ2v) is 12.4. The van der Waals surface area contributed by atoms with E-state index in [1.807, 2.05) is 51.3 Å². The summed E-state index contributed by atoms with van der Waals surface area (Å²) in [7, 11) is 0. The fourth-order valence-corrected chi connectivity index (χ4v) is 7.01. The van der Waals surface area contributed by atoms with Gasteiger partial charge in [0.1, 0.15) is 11.6 Å². The highest BCUT2D eigenvalue weighted by Gasteiger charge is 2.56. The van der Waals surface area contributed by atoms with Gasteiger partial charge in [-0.3, -0.25) is 19.2 Å². The molecule has 32 heavy (non-hydrogen) atoms. The molecule has 6 nitrogen and oxygen atoms in total. The monoisotopic (exact) mass is 448 g/mol. The Morgan fingerprint density at radius 3 is 1.22 bits per heavy atom. The number of hydrogen-bond acceptors (Lipinski definition) is 4. The molecule has 2 rings (SSSR count). The van der Waals surface area contributed by atoms with Gasteiger partial charge >= 0.3 is 0 Å². The lowest BCUT2D eigenvalue weighted by molar-refractivity contribution is -0.168. The molecule has 0 radical (unpaired) electrons. The van der Waals surface area contributed by atoms with Crippen LogP contribution in [0.1, 0.15) is 82.1 Å². The van der Waals surface area contributed by atoms with E-state index in [0.717, 1.165) is 0 Å². The molecule has 0 aromatic heterocycles. The fourth-order valence-electron chi connectivity index (χ4n) is 7.01. The highest BCUT2D eigenvalue weighted by atomic mass is 16.2. The van der Waals surface area contributed by atoms with Gasteiger partial charge in [-0.25, -0.2) is 0 Å². The van der Waals surface area contributed by atoms with Gasteiger partial charge in [0.05, 0.1) is 10.8 Å². The Labute approximate surface area is 194 Å². The molecule has 2 saturated heterocycles. The molecule has 0 aromatic carbocycles. The smallest absolute Gasteiger partial charge is 0.229 e. The number of likely N-dealkylation sites (tertiary alicyclic amines) is 2. The lowest BCUT2D eigenvalue weighted by atomic mass is 9.59. The highest BCUT2D eigenvalue weighted by Crippen LogP contribution is 2.49. The van der Waals surface area contributed by atoms with E-state index in [-0.39, 0.29) is 46.0 Å². The van der Waals surface area contributed by atoms with Crippen molar-refractivity contribution < 1.29 is 19.2 Å². The van der Waals surface area contributed by atoms with E-state index in [1.165, 1.54) is 0 Å². The molecule has 2 unspecified atom stereocenters. The van der Waals surface area contributed by atoms with E-state index in [1.54, 1.807) is 0 Å². The van der Waals surface area contributed by atoms with Crippen LogP contribution >= 0.6 is 0 Å². The number of ketones is 2. The topological polar surface area (TPSA) is 74.8 Å². The predicted molar refractivity (Wildman–Crippen MR) is 126 cm³/mol. The molecule has 2 aliphatic rings. The van der Waals surface area contributed by atoms with Crippen molar-refractivity contribution in [2.75, 3.05) is 26.2 Å². The van der Waals surface area contributed by atoms with Crippen molar-refractivity contribution in [3.63, 3.8) is 0 Å². The number of carbonyl (C=O) groups is 4. The molecule has 2 aliphatic heterocycles. The van der Waals surface area contributed by atoms with E-state index in [9.17, 15) is 19.2 Å². The van der Waals surface area contributed by atoms with Gasteiger partial charge in [0.2, 0.25) is 11.8 Å². The zero-order valence-corrected chi connectivity index (χ0v) is 21.9. The Balaban J connectivity index is 2.24. The van der Waals surface area contributed by atoms with Crippen LogP contribution in [0.3, 0.4) is 0 Å². The first-order valence-corrected chi connectivity index (χ1v) is 12.1. The van der Waals surface area contributed by atoms with E-state index in [2.05, 4.69) is 27.7 Å². The number of hydrogen-bond donors (Lipinski definition) is 0. The molecule has 0 aliphatic carbocycles. The van der Waals surface area contributed by atoms with Crippen molar-refractivity contribution in [2.24, 2.45) is 33.5 Å². The van der Waals surface area contributed by atoms with E-state index in [4.69, 9.17) is 0 Å². The van der Waals surface area contributed by atoms with Gasteiger partial charge in [-0.15, -0.1) is 0 Å². The van der Waals surface area contributed by atoms with Gasteiger partial charge < -0.3 is 9.80 Å². The average molecular weight is 449 g/mol. The Hall–Kier alpha value is -1.72. The third-order valence-corrected chi connectivity index (χ3v) is 7.86. The molecule has 0 aromatic rings. The Bertz CT molecular complexity index is 728. The first kappa shape index (κ1) is 26.5. The van der Waals surface area contributed by atoms with Crippen molar-refractivity contribution in [2.45, 2.75) is 82.1 Å². The molecular weight excluding hydrogens is 404 g/mol. The summed E-state index contributed by atoms with van der Waals surface area (Å²) in [5, 5.41) is 0. The molecule has 182 valence electrons. The fraction of sp³-hybridized carbons (Fsp3) is 0.846. The normalized spacial score (nSPS) is 28.6. The number of rotatable bonds is 7. The Kier molecular flexibility index (Phi) is 7.10. The number of amides is 2. The van der Waals surface area contributed by atoms with Gasteiger partial charge in [-0.05, 0) is 10.8 Å². The molecule has 0 bridgehead atoms. The zero-order valence-electron chi connectivity index (χ0n) is 21.9. The van der Waals surface area contributed by atoms with Crippen molar-refractivity contribution in [1.29, 1.82) is 0 Å². The number of carbonyl (C=O) groups excluding carboxylic acids is 4. The van der Waals surface area contributed by atoms with Crippen molar-refractivity contribution in [3.8, 4) is 0 Å². The van der Waals surface area contributed by atoms with E-state index < -0.39 is 10.8 Å². The van der Waals surface area contributed by atoms with E-state index >= 15 is 0 Å². The summed E-state index contributed by atoms with van der Waals surface area (Å²) in [6, 6.07) is 0. The maximum Gasteiger partial charge on any atom is 0.229 e. The second kappa shape index (κ2) is 8.57. The first-order valence-electron chi connectivity index (χ1n) is 12.1. The molecule has 6 heteroatoms. The summed E-state index contributed by atoms with van der Waals surface area (Å²) in [6.07, 6.45) is 0.851. The molecule has 2 atom stereocenters. The molecular formula is C26H44N2O4. The zero-order chi connectivity index (χ0) is 24.9. The quantitative estimate of drug-likeness (QED) is 0.591. The molecule has 0 N–H and O–H groups in total. The van der Waals surface area contributed by atoms with Crippen LogP contribution in [0, 0.1) is 33.5 Å². The standard InChI is InChI=1S/C26H44N2O4/c1-11-17(29)19-23(3,4)15-27(21(31)25(19,7)8)13-14-28-16-24(5,6)20(18(30)12-2)26(9,10)22(28)32/h19-20H,11-16H2,1-10H3. The first-order chi connectivity index (χ1) is 14.4. The van der Waals surface area contributed by atoms with Crippen LogP contribution in [-0.2, 0) is 19.2 Å². The number of nitrogens with zero attached hydrogens (tertiary/aromatic N) is 2. The summed E-state index contributed by atoms with van der Waals surface area (Å²) in [6.45, 7) is 21.3. The van der Waals surface area contributed by atoms with Gasteiger partial charge in [0.25, 0.3) is 0 Å². The number of piperidine rings is 2. The van der Waals surface area contributed by atoms with Gasteiger partial charge in [0, 0.05) is 50.9 Å². The summed E-state index contributed by atoms with van der Waals surface area (Å²) in [5.74, 6) is -0.418. The highest BCUT2D eigenvalue weighted by molar-refractivity contribution is 5.94. The van der Waals surface area contributed by atoms with E-state index in [0.29, 0.717) is 39.0 Å². The minimum absolute atomic E-state index is 0.0226. The third-order valence-electron chi connectivity index (χ3n) is 7.86. The summed E-state index contributed by atoms with van der Waals surface area (Å²) in [5.41, 5.74) is -2.24. The molecule has 2 amide bonds. The third kappa shape index (κ3) is 4.38. The van der Waals surface area contributed by atoms with Crippen LogP contribution in [0.25, 0.3) is 0 Å². The Morgan fingerprint density at radius 2 is 0.969 bits per heavy atom. The average Bonchev–Trinajstić information content (AvgIpc) is 2.65.